The van der Waals surface area contributed by atoms with E-state index in [0.29, 0.717) is 39.0 Å². The topological polar surface area (TPSA) is 136 Å². The SMILES string of the molecule is CN1CCN(S(=O)(=O)N2CCC(c3ccccc3)(c3cn4ccccc4n3)CC2)CC1.O=CO.O=CO. The standard InChI is InChI=1S/C23H29N5O2S.2CH2O2/c1-25-15-17-28(18-16-25)31(29,30)27-13-10-23(11-14-27,20-7-3-2-4-8-20)21-19-26-12-6-5-9-22(26)24-21;2*2-1-3/h2-9,12,19H,10-11,13-18H2,1H3;2*1H,(H,2,3). The maximum absolute atomic E-state index is 13.3. The van der Waals surface area contributed by atoms with Crippen LogP contribution in [0.25, 0.3) is 5.65 Å². The molecule has 0 aliphatic carbocycles. The molecule has 3 aromatic rings. The van der Waals surface area contributed by atoms with Gasteiger partial charge in [0.25, 0.3) is 23.2 Å². The van der Waals surface area contributed by atoms with Crippen molar-refractivity contribution in [1.82, 2.24) is 22.9 Å². The monoisotopic (exact) mass is 531 g/mol. The quantitative estimate of drug-likeness (QED) is 0.485. The van der Waals surface area contributed by atoms with Crippen LogP contribution in [0.15, 0.2) is 60.9 Å². The molecule has 2 fully saturated rings. The summed E-state index contributed by atoms with van der Waals surface area (Å²) in [4.78, 5) is 23.8. The number of carboxylic acid groups (broad SMARTS) is 2. The fourth-order valence-electron chi connectivity index (χ4n) is 4.90. The lowest BCUT2D eigenvalue weighted by Crippen LogP contribution is -2.55. The van der Waals surface area contributed by atoms with Crippen LogP contribution in [0.4, 0.5) is 0 Å². The van der Waals surface area contributed by atoms with Gasteiger partial charge < -0.3 is 19.5 Å². The van der Waals surface area contributed by atoms with Gasteiger partial charge in [0, 0.05) is 57.1 Å². The van der Waals surface area contributed by atoms with Crippen LogP contribution < -0.4 is 0 Å². The molecule has 0 radical (unpaired) electrons. The summed E-state index contributed by atoms with van der Waals surface area (Å²) in [5, 5.41) is 13.8. The number of hydrogen-bond donors (Lipinski definition) is 2. The highest BCUT2D eigenvalue weighted by Crippen LogP contribution is 2.42. The second-order valence-corrected chi connectivity index (χ2v) is 10.8. The Bertz CT molecular complexity index is 1210. The minimum atomic E-state index is -3.43. The van der Waals surface area contributed by atoms with E-state index in [1.807, 2.05) is 41.9 Å². The first-order valence-corrected chi connectivity index (χ1v) is 13.3. The van der Waals surface area contributed by atoms with Crippen molar-refractivity contribution in [3.8, 4) is 0 Å². The molecule has 12 heteroatoms. The average Bonchev–Trinajstić information content (AvgIpc) is 3.35. The van der Waals surface area contributed by atoms with Gasteiger partial charge in [-0.05, 0) is 37.6 Å². The first-order chi connectivity index (χ1) is 17.8. The minimum absolute atomic E-state index is 0.250. The van der Waals surface area contributed by atoms with E-state index in [-0.39, 0.29) is 18.4 Å². The number of rotatable bonds is 4. The van der Waals surface area contributed by atoms with E-state index in [2.05, 4.69) is 35.4 Å². The molecule has 2 saturated heterocycles. The molecule has 1 aromatic carbocycles. The molecule has 200 valence electrons. The number of benzene rings is 1. The van der Waals surface area contributed by atoms with E-state index in [4.69, 9.17) is 24.8 Å². The van der Waals surface area contributed by atoms with Gasteiger partial charge in [-0.25, -0.2) is 4.98 Å². The van der Waals surface area contributed by atoms with Crippen LogP contribution in [-0.4, -0.2) is 101 Å². The van der Waals surface area contributed by atoms with Gasteiger partial charge in [-0.3, -0.25) is 9.59 Å². The largest absolute Gasteiger partial charge is 0.483 e. The zero-order valence-corrected chi connectivity index (χ0v) is 21.6. The Morgan fingerprint density at radius 1 is 0.838 bits per heavy atom. The summed E-state index contributed by atoms with van der Waals surface area (Å²) in [6.07, 6.45) is 5.55. The summed E-state index contributed by atoms with van der Waals surface area (Å²) in [7, 11) is -1.40. The summed E-state index contributed by atoms with van der Waals surface area (Å²) in [6.45, 7) is 3.18. The van der Waals surface area contributed by atoms with E-state index >= 15 is 0 Å². The summed E-state index contributed by atoms with van der Waals surface area (Å²) in [5.74, 6) is 0. The third-order valence-corrected chi connectivity index (χ3v) is 8.91. The predicted molar refractivity (Wildman–Crippen MR) is 139 cm³/mol. The highest BCUT2D eigenvalue weighted by molar-refractivity contribution is 7.86. The third-order valence-electron chi connectivity index (χ3n) is 6.87. The van der Waals surface area contributed by atoms with Crippen LogP contribution in [0, 0.1) is 0 Å². The van der Waals surface area contributed by atoms with Crippen LogP contribution in [0.1, 0.15) is 24.1 Å². The first-order valence-electron chi connectivity index (χ1n) is 11.9. The third kappa shape index (κ3) is 6.34. The molecule has 0 amide bonds. The summed E-state index contributed by atoms with van der Waals surface area (Å²) in [6, 6.07) is 16.4. The normalized spacial score (nSPS) is 18.6. The molecule has 0 atom stereocenters. The molecule has 0 unspecified atom stereocenters. The van der Waals surface area contributed by atoms with Gasteiger partial charge in [-0.1, -0.05) is 36.4 Å². The molecule has 2 N–H and O–H groups in total. The second-order valence-electron chi connectivity index (χ2n) is 8.86. The molecule has 0 spiro atoms. The molecule has 2 aromatic heterocycles. The van der Waals surface area contributed by atoms with Crippen LogP contribution in [0.3, 0.4) is 0 Å². The highest BCUT2D eigenvalue weighted by atomic mass is 32.2. The Kier molecular flexibility index (Phi) is 9.75. The molecule has 5 rings (SSSR count). The number of aromatic nitrogens is 2. The van der Waals surface area contributed by atoms with Crippen molar-refractivity contribution in [2.75, 3.05) is 46.3 Å². The molecule has 2 aliphatic rings. The number of hydrogen-bond acceptors (Lipinski definition) is 6. The van der Waals surface area contributed by atoms with Crippen LogP contribution in [0.2, 0.25) is 0 Å². The zero-order valence-electron chi connectivity index (χ0n) is 20.8. The fourth-order valence-corrected chi connectivity index (χ4v) is 6.49. The van der Waals surface area contributed by atoms with E-state index < -0.39 is 10.2 Å². The van der Waals surface area contributed by atoms with E-state index in [9.17, 15) is 8.42 Å². The van der Waals surface area contributed by atoms with Crippen LogP contribution in [0.5, 0.6) is 0 Å². The van der Waals surface area contributed by atoms with Crippen molar-refractivity contribution in [2.24, 2.45) is 0 Å². The number of likely N-dealkylation sites (N-methyl/N-ethyl adjacent to an activating group) is 1. The number of pyridine rings is 1. The lowest BCUT2D eigenvalue weighted by atomic mass is 9.71. The predicted octanol–water partition coefficient (Wildman–Crippen LogP) is 1.61. The Morgan fingerprint density at radius 3 is 1.95 bits per heavy atom. The summed E-state index contributed by atoms with van der Waals surface area (Å²) >= 11 is 0. The van der Waals surface area contributed by atoms with E-state index in [1.54, 1.807) is 8.61 Å². The zero-order chi connectivity index (χ0) is 26.9. The van der Waals surface area contributed by atoms with Crippen molar-refractivity contribution >= 4 is 28.8 Å². The molecular formula is C25H33N5O6S. The number of imidazole rings is 1. The Balaban J connectivity index is 0.000000580. The molecule has 0 bridgehead atoms. The van der Waals surface area contributed by atoms with Gasteiger partial charge in [0.2, 0.25) is 0 Å². The van der Waals surface area contributed by atoms with Gasteiger partial charge >= 0.3 is 0 Å². The summed E-state index contributed by atoms with van der Waals surface area (Å²) in [5.41, 5.74) is 2.85. The number of piperazine rings is 1. The number of piperidine rings is 1. The van der Waals surface area contributed by atoms with Gasteiger partial charge in [0.15, 0.2) is 0 Å². The Hall–Kier alpha value is -3.32. The number of fused-ring (bicyclic) bond motifs is 1. The van der Waals surface area contributed by atoms with Crippen molar-refractivity contribution in [3.63, 3.8) is 0 Å². The van der Waals surface area contributed by atoms with Gasteiger partial charge in [-0.2, -0.15) is 17.0 Å². The molecule has 2 aliphatic heterocycles. The average molecular weight is 532 g/mol. The molecule has 4 heterocycles. The lowest BCUT2D eigenvalue weighted by molar-refractivity contribution is -0.123. The maximum Gasteiger partial charge on any atom is 0.290 e. The van der Waals surface area contributed by atoms with Crippen molar-refractivity contribution < 1.29 is 28.2 Å². The number of nitrogens with zero attached hydrogens (tertiary/aromatic N) is 5. The van der Waals surface area contributed by atoms with E-state index in [1.165, 1.54) is 5.56 Å². The highest BCUT2D eigenvalue weighted by Gasteiger charge is 2.43. The molecule has 0 saturated carbocycles. The maximum atomic E-state index is 13.3. The number of carbonyl (C=O) groups is 2. The van der Waals surface area contributed by atoms with Crippen molar-refractivity contribution in [1.29, 1.82) is 0 Å². The smallest absolute Gasteiger partial charge is 0.290 e. The van der Waals surface area contributed by atoms with Crippen molar-refractivity contribution in [2.45, 2.75) is 18.3 Å². The van der Waals surface area contributed by atoms with Gasteiger partial charge in [0.1, 0.15) is 5.65 Å². The molecule has 37 heavy (non-hydrogen) atoms. The second kappa shape index (κ2) is 12.8. The van der Waals surface area contributed by atoms with Crippen molar-refractivity contribution in [3.05, 3.63) is 72.2 Å². The first kappa shape index (κ1) is 28.3. The van der Waals surface area contributed by atoms with Crippen LogP contribution >= 0.6 is 0 Å². The molecule has 11 nitrogen and oxygen atoms in total. The Morgan fingerprint density at radius 2 is 1.38 bits per heavy atom. The van der Waals surface area contributed by atoms with Gasteiger partial charge in [-0.15, -0.1) is 0 Å². The lowest BCUT2D eigenvalue weighted by Gasteiger charge is -2.43. The van der Waals surface area contributed by atoms with E-state index in [0.717, 1.165) is 24.4 Å². The Labute approximate surface area is 216 Å². The minimum Gasteiger partial charge on any atom is -0.483 e. The molecular weight excluding hydrogens is 498 g/mol. The van der Waals surface area contributed by atoms with Crippen LogP contribution in [-0.2, 0) is 25.2 Å². The fraction of sp³-hybridized carbons (Fsp3) is 0.400. The summed E-state index contributed by atoms with van der Waals surface area (Å²) < 4.78 is 31.9. The van der Waals surface area contributed by atoms with Gasteiger partial charge in [0.05, 0.1) is 5.69 Å².